The zero-order valence-corrected chi connectivity index (χ0v) is 17.9. The second-order valence-electron chi connectivity index (χ2n) is 6.85. The highest BCUT2D eigenvalue weighted by Crippen LogP contribution is 2.29. The standard InChI is InChI=1S/C22H22ClFN4O3/c1-3-11-27(2)21(30)19-20(25-14-29)26-22(31-18-6-4-5-17(24)12-18)28(19)13-15-7-9-16(23)10-8-15/h4-10,12,14H,3,11,13H2,1-2H3,(H,25,29). The van der Waals surface area contributed by atoms with Gasteiger partial charge in [-0.2, -0.15) is 4.98 Å². The van der Waals surface area contributed by atoms with Gasteiger partial charge in [0.2, 0.25) is 6.41 Å². The fourth-order valence-corrected chi connectivity index (χ4v) is 3.18. The first-order valence-corrected chi connectivity index (χ1v) is 10.0. The molecule has 162 valence electrons. The summed E-state index contributed by atoms with van der Waals surface area (Å²) in [7, 11) is 1.67. The van der Waals surface area contributed by atoms with Crippen molar-refractivity contribution in [2.45, 2.75) is 19.9 Å². The van der Waals surface area contributed by atoms with Gasteiger partial charge in [-0.3, -0.25) is 14.2 Å². The molecule has 31 heavy (non-hydrogen) atoms. The van der Waals surface area contributed by atoms with Gasteiger partial charge in [0.1, 0.15) is 11.6 Å². The molecule has 0 fully saturated rings. The Hall–Kier alpha value is -3.39. The number of amides is 2. The number of anilines is 1. The molecular weight excluding hydrogens is 423 g/mol. The number of carbonyl (C=O) groups is 2. The number of halogens is 2. The molecule has 9 heteroatoms. The number of hydrogen-bond acceptors (Lipinski definition) is 4. The molecule has 0 aliphatic heterocycles. The van der Waals surface area contributed by atoms with Gasteiger partial charge in [0.25, 0.3) is 5.91 Å². The van der Waals surface area contributed by atoms with E-state index in [0.29, 0.717) is 18.0 Å². The van der Waals surface area contributed by atoms with Crippen LogP contribution < -0.4 is 10.1 Å². The lowest BCUT2D eigenvalue weighted by atomic mass is 10.2. The first-order valence-electron chi connectivity index (χ1n) is 9.67. The second-order valence-corrected chi connectivity index (χ2v) is 7.29. The number of imidazole rings is 1. The summed E-state index contributed by atoms with van der Waals surface area (Å²) >= 11 is 5.98. The van der Waals surface area contributed by atoms with Crippen molar-refractivity contribution in [1.29, 1.82) is 0 Å². The maximum atomic E-state index is 13.6. The maximum absolute atomic E-state index is 13.6. The minimum atomic E-state index is -0.474. The Kier molecular flexibility index (Phi) is 7.25. The normalized spacial score (nSPS) is 10.6. The van der Waals surface area contributed by atoms with Gasteiger partial charge in [0, 0.05) is 24.7 Å². The van der Waals surface area contributed by atoms with E-state index in [-0.39, 0.29) is 35.7 Å². The van der Waals surface area contributed by atoms with Gasteiger partial charge in [-0.1, -0.05) is 36.7 Å². The third-order valence-corrected chi connectivity index (χ3v) is 4.75. The van der Waals surface area contributed by atoms with E-state index in [1.54, 1.807) is 29.8 Å². The Labute approximate surface area is 184 Å². The van der Waals surface area contributed by atoms with Crippen LogP contribution in [0.2, 0.25) is 5.02 Å². The van der Waals surface area contributed by atoms with Crippen LogP contribution in [0.3, 0.4) is 0 Å². The monoisotopic (exact) mass is 444 g/mol. The Bertz CT molecular complexity index is 1070. The van der Waals surface area contributed by atoms with Crippen molar-refractivity contribution in [3.8, 4) is 11.8 Å². The minimum Gasteiger partial charge on any atom is -0.425 e. The summed E-state index contributed by atoms with van der Waals surface area (Å²) in [5.74, 6) is -0.537. The molecule has 0 atom stereocenters. The first-order chi connectivity index (χ1) is 14.9. The summed E-state index contributed by atoms with van der Waals surface area (Å²) in [6.45, 7) is 2.69. The molecule has 0 bridgehead atoms. The van der Waals surface area contributed by atoms with Gasteiger partial charge in [0.05, 0.1) is 6.54 Å². The topological polar surface area (TPSA) is 76.5 Å². The van der Waals surface area contributed by atoms with Gasteiger partial charge in [-0.25, -0.2) is 4.39 Å². The van der Waals surface area contributed by atoms with Crippen LogP contribution in [0.1, 0.15) is 29.4 Å². The molecule has 3 rings (SSSR count). The summed E-state index contributed by atoms with van der Waals surface area (Å²) in [5, 5.41) is 3.05. The van der Waals surface area contributed by atoms with E-state index < -0.39 is 5.82 Å². The molecule has 1 heterocycles. The van der Waals surface area contributed by atoms with Crippen molar-refractivity contribution in [1.82, 2.24) is 14.5 Å². The average molecular weight is 445 g/mol. The highest BCUT2D eigenvalue weighted by Gasteiger charge is 2.27. The summed E-state index contributed by atoms with van der Waals surface area (Å²) < 4.78 is 21.0. The molecule has 0 radical (unpaired) electrons. The van der Waals surface area contributed by atoms with Gasteiger partial charge in [0.15, 0.2) is 11.5 Å². The van der Waals surface area contributed by atoms with E-state index in [0.717, 1.165) is 12.0 Å². The van der Waals surface area contributed by atoms with Gasteiger partial charge in [-0.15, -0.1) is 0 Å². The van der Waals surface area contributed by atoms with Crippen molar-refractivity contribution >= 4 is 29.7 Å². The van der Waals surface area contributed by atoms with Crippen molar-refractivity contribution in [3.63, 3.8) is 0 Å². The molecule has 1 aromatic heterocycles. The first kappa shape index (κ1) is 22.3. The predicted octanol–water partition coefficient (Wildman–Crippen LogP) is 4.57. The molecule has 0 saturated heterocycles. The van der Waals surface area contributed by atoms with Crippen LogP contribution in [0.4, 0.5) is 10.2 Å². The van der Waals surface area contributed by atoms with Gasteiger partial charge in [-0.05, 0) is 36.2 Å². The number of rotatable bonds is 9. The van der Waals surface area contributed by atoms with Gasteiger partial charge >= 0.3 is 6.01 Å². The molecule has 7 nitrogen and oxygen atoms in total. The predicted molar refractivity (Wildman–Crippen MR) is 116 cm³/mol. The van der Waals surface area contributed by atoms with Crippen LogP contribution in [0.5, 0.6) is 11.8 Å². The van der Waals surface area contributed by atoms with Gasteiger partial charge < -0.3 is 15.0 Å². The molecule has 2 aromatic carbocycles. The number of nitrogens with one attached hydrogen (secondary N) is 1. The molecule has 0 aliphatic carbocycles. The lowest BCUT2D eigenvalue weighted by Crippen LogP contribution is -2.30. The average Bonchev–Trinajstić information content (AvgIpc) is 3.06. The lowest BCUT2D eigenvalue weighted by molar-refractivity contribution is -0.105. The van der Waals surface area contributed by atoms with E-state index in [2.05, 4.69) is 10.3 Å². The lowest BCUT2D eigenvalue weighted by Gasteiger charge is -2.18. The second kappa shape index (κ2) is 10.1. The SMILES string of the molecule is CCCN(C)C(=O)c1c(NC=O)nc(Oc2cccc(F)c2)n1Cc1ccc(Cl)cc1. The molecule has 0 spiro atoms. The van der Waals surface area contributed by atoms with Crippen LogP contribution in [-0.4, -0.2) is 40.4 Å². The molecule has 1 N–H and O–H groups in total. The number of hydrogen-bond donors (Lipinski definition) is 1. The Morgan fingerprint density at radius 1 is 1.29 bits per heavy atom. The van der Waals surface area contributed by atoms with E-state index in [1.807, 2.05) is 19.1 Å². The van der Waals surface area contributed by atoms with E-state index in [9.17, 15) is 14.0 Å². The Morgan fingerprint density at radius 3 is 2.68 bits per heavy atom. The quantitative estimate of drug-likeness (QED) is 0.490. The van der Waals surface area contributed by atoms with E-state index in [4.69, 9.17) is 16.3 Å². The maximum Gasteiger partial charge on any atom is 0.304 e. The summed E-state index contributed by atoms with van der Waals surface area (Å²) in [6.07, 6.45) is 1.20. The van der Waals surface area contributed by atoms with Crippen molar-refractivity contribution in [3.05, 3.63) is 70.6 Å². The number of ether oxygens (including phenoxy) is 1. The third-order valence-electron chi connectivity index (χ3n) is 4.50. The number of aromatic nitrogens is 2. The number of carbonyl (C=O) groups excluding carboxylic acids is 2. The zero-order valence-electron chi connectivity index (χ0n) is 17.1. The van der Waals surface area contributed by atoms with Crippen LogP contribution in [-0.2, 0) is 11.3 Å². The Balaban J connectivity index is 2.11. The number of benzene rings is 2. The molecule has 3 aromatic rings. The minimum absolute atomic E-state index is 0.0400. The zero-order chi connectivity index (χ0) is 22.4. The molecule has 0 unspecified atom stereocenters. The van der Waals surface area contributed by atoms with Crippen molar-refractivity contribution in [2.75, 3.05) is 18.9 Å². The summed E-state index contributed by atoms with van der Waals surface area (Å²) in [5.41, 5.74) is 0.986. The van der Waals surface area contributed by atoms with E-state index >= 15 is 0 Å². The van der Waals surface area contributed by atoms with Crippen LogP contribution in [0.15, 0.2) is 48.5 Å². The van der Waals surface area contributed by atoms with Crippen LogP contribution in [0, 0.1) is 5.82 Å². The fourth-order valence-electron chi connectivity index (χ4n) is 3.06. The van der Waals surface area contributed by atoms with E-state index in [1.165, 1.54) is 23.1 Å². The van der Waals surface area contributed by atoms with Crippen molar-refractivity contribution < 1.29 is 18.7 Å². The summed E-state index contributed by atoms with van der Waals surface area (Å²) in [6, 6.07) is 12.7. The highest BCUT2D eigenvalue weighted by molar-refractivity contribution is 6.30. The third kappa shape index (κ3) is 5.40. The van der Waals surface area contributed by atoms with Crippen LogP contribution in [0.25, 0.3) is 0 Å². The highest BCUT2D eigenvalue weighted by atomic mass is 35.5. The summed E-state index contributed by atoms with van der Waals surface area (Å²) in [4.78, 5) is 30.2. The van der Waals surface area contributed by atoms with Crippen molar-refractivity contribution in [2.24, 2.45) is 0 Å². The number of nitrogens with zero attached hydrogens (tertiary/aromatic N) is 3. The Morgan fingerprint density at radius 2 is 2.03 bits per heavy atom. The molecule has 0 aliphatic rings. The molecule has 2 amide bonds. The molecule has 0 saturated carbocycles. The van der Waals surface area contributed by atoms with Crippen LogP contribution >= 0.6 is 11.6 Å². The largest absolute Gasteiger partial charge is 0.425 e. The molecular formula is C22H22ClFN4O3. The fraction of sp³-hybridized carbons (Fsp3) is 0.227. The smallest absolute Gasteiger partial charge is 0.304 e.